The first-order valence-corrected chi connectivity index (χ1v) is 10.7. The van der Waals surface area contributed by atoms with Gasteiger partial charge in [-0.15, -0.1) is 0 Å². The van der Waals surface area contributed by atoms with E-state index in [9.17, 15) is 9.50 Å². The van der Waals surface area contributed by atoms with E-state index in [1.54, 1.807) is 23.9 Å². The van der Waals surface area contributed by atoms with E-state index in [1.807, 2.05) is 12.4 Å². The van der Waals surface area contributed by atoms with Crippen LogP contribution >= 0.6 is 11.8 Å². The van der Waals surface area contributed by atoms with E-state index in [2.05, 4.69) is 21.8 Å². The monoisotopic (exact) mass is 387 g/mol. The van der Waals surface area contributed by atoms with Crippen LogP contribution in [0, 0.1) is 5.82 Å². The summed E-state index contributed by atoms with van der Waals surface area (Å²) in [5.74, 6) is 0.778. The van der Waals surface area contributed by atoms with Gasteiger partial charge in [0.1, 0.15) is 5.82 Å². The lowest BCUT2D eigenvalue weighted by molar-refractivity contribution is -0.0595. The average molecular weight is 388 g/mol. The first-order chi connectivity index (χ1) is 13.1. The van der Waals surface area contributed by atoms with Crippen LogP contribution in [0.3, 0.4) is 0 Å². The van der Waals surface area contributed by atoms with Crippen molar-refractivity contribution in [3.05, 3.63) is 53.6 Å². The van der Waals surface area contributed by atoms with Crippen LogP contribution in [0.15, 0.2) is 41.8 Å². The van der Waals surface area contributed by atoms with Gasteiger partial charge in [0.05, 0.1) is 5.60 Å². The van der Waals surface area contributed by atoms with E-state index in [0.717, 1.165) is 47.8 Å². The Morgan fingerprint density at radius 2 is 1.78 bits per heavy atom. The number of benzene rings is 1. The molecule has 2 bridgehead atoms. The molecule has 6 heteroatoms. The lowest BCUT2D eigenvalue weighted by Gasteiger charge is -2.44. The second-order valence-corrected chi connectivity index (χ2v) is 8.79. The Morgan fingerprint density at radius 3 is 2.37 bits per heavy atom. The van der Waals surface area contributed by atoms with Crippen molar-refractivity contribution in [3.8, 4) is 0 Å². The molecular formula is C21H26FN3OS. The van der Waals surface area contributed by atoms with Gasteiger partial charge in [-0.05, 0) is 49.8 Å². The summed E-state index contributed by atoms with van der Waals surface area (Å²) >= 11 is 1.69. The number of rotatable bonds is 6. The molecule has 0 radical (unpaired) electrons. The topological polar surface area (TPSA) is 49.2 Å². The standard InChI is InChI=1S/C21H26FN3OS/c1-2-9-27-20-23-12-15(13-24-20)14-25-18-7-8-19(25)11-21(26,10-18)16-3-5-17(22)6-4-16/h3-6,12-13,18-19,26H,2,7-11,14H2,1H3/t18-,19-/m1/s1. The maximum atomic E-state index is 13.2. The van der Waals surface area contributed by atoms with Crippen LogP contribution in [0.4, 0.5) is 4.39 Å². The Hall–Kier alpha value is -1.50. The molecule has 2 aliphatic rings. The molecule has 2 saturated heterocycles. The van der Waals surface area contributed by atoms with Crippen LogP contribution in [-0.4, -0.2) is 37.8 Å². The van der Waals surface area contributed by atoms with Crippen molar-refractivity contribution in [2.75, 3.05) is 5.75 Å². The molecule has 0 spiro atoms. The molecule has 3 heterocycles. The van der Waals surface area contributed by atoms with Crippen LogP contribution < -0.4 is 0 Å². The highest BCUT2D eigenvalue weighted by molar-refractivity contribution is 7.99. The summed E-state index contributed by atoms with van der Waals surface area (Å²) < 4.78 is 13.2. The van der Waals surface area contributed by atoms with Crippen LogP contribution in [0.1, 0.15) is 50.2 Å². The zero-order valence-electron chi connectivity index (χ0n) is 15.6. The Labute approximate surface area is 164 Å². The van der Waals surface area contributed by atoms with Crippen molar-refractivity contribution in [1.29, 1.82) is 0 Å². The molecule has 4 nitrogen and oxygen atoms in total. The Bertz CT molecular complexity index is 754. The first kappa shape index (κ1) is 18.8. The van der Waals surface area contributed by atoms with E-state index >= 15 is 0 Å². The molecule has 4 rings (SSSR count). The van der Waals surface area contributed by atoms with E-state index in [4.69, 9.17) is 0 Å². The molecule has 0 aliphatic carbocycles. The fourth-order valence-corrected chi connectivity index (χ4v) is 5.11. The van der Waals surface area contributed by atoms with Crippen LogP contribution in [0.2, 0.25) is 0 Å². The summed E-state index contributed by atoms with van der Waals surface area (Å²) in [4.78, 5) is 11.4. The first-order valence-electron chi connectivity index (χ1n) is 9.75. The van der Waals surface area contributed by atoms with Gasteiger partial charge in [0, 0.05) is 42.3 Å². The molecule has 0 saturated carbocycles. The fourth-order valence-electron chi connectivity index (χ4n) is 4.47. The molecule has 1 aromatic heterocycles. The van der Waals surface area contributed by atoms with E-state index in [-0.39, 0.29) is 5.82 Å². The van der Waals surface area contributed by atoms with Crippen molar-refractivity contribution < 1.29 is 9.50 Å². The zero-order valence-corrected chi connectivity index (χ0v) is 16.5. The lowest BCUT2D eigenvalue weighted by Crippen LogP contribution is -2.49. The summed E-state index contributed by atoms with van der Waals surface area (Å²) in [6.07, 6.45) is 8.57. The largest absolute Gasteiger partial charge is 0.385 e. The summed E-state index contributed by atoms with van der Waals surface area (Å²) in [6, 6.07) is 7.02. The fraction of sp³-hybridized carbons (Fsp3) is 0.524. The Kier molecular flexibility index (Phi) is 5.48. The zero-order chi connectivity index (χ0) is 18.9. The molecule has 2 aliphatic heterocycles. The molecule has 2 aromatic rings. The number of nitrogens with zero attached hydrogens (tertiary/aromatic N) is 3. The maximum Gasteiger partial charge on any atom is 0.187 e. The molecular weight excluding hydrogens is 361 g/mol. The van der Waals surface area contributed by atoms with Gasteiger partial charge in [-0.2, -0.15) is 0 Å². The quantitative estimate of drug-likeness (QED) is 0.596. The van der Waals surface area contributed by atoms with Crippen molar-refractivity contribution in [2.24, 2.45) is 0 Å². The number of hydrogen-bond donors (Lipinski definition) is 1. The minimum Gasteiger partial charge on any atom is -0.385 e. The number of hydrogen-bond acceptors (Lipinski definition) is 5. The third-order valence-electron chi connectivity index (χ3n) is 5.78. The second kappa shape index (κ2) is 7.86. The SMILES string of the molecule is CCCSc1ncc(CN2[C@@H]3CC[C@@H]2CC(O)(c2ccc(F)cc2)C3)cn1. The molecule has 0 unspecified atom stereocenters. The van der Waals surface area contributed by atoms with E-state index in [1.165, 1.54) is 12.1 Å². The number of aromatic nitrogens is 2. The predicted molar refractivity (Wildman–Crippen MR) is 105 cm³/mol. The summed E-state index contributed by atoms with van der Waals surface area (Å²) in [5, 5.41) is 12.1. The van der Waals surface area contributed by atoms with Gasteiger partial charge in [-0.25, -0.2) is 14.4 Å². The van der Waals surface area contributed by atoms with Gasteiger partial charge in [-0.1, -0.05) is 30.8 Å². The molecule has 1 aromatic carbocycles. The van der Waals surface area contributed by atoms with Crippen LogP contribution in [0.5, 0.6) is 0 Å². The molecule has 2 fully saturated rings. The minimum absolute atomic E-state index is 0.261. The van der Waals surface area contributed by atoms with E-state index < -0.39 is 5.60 Å². The van der Waals surface area contributed by atoms with Crippen molar-refractivity contribution in [3.63, 3.8) is 0 Å². The van der Waals surface area contributed by atoms with Gasteiger partial charge in [0.25, 0.3) is 0 Å². The average Bonchev–Trinajstić information content (AvgIpc) is 2.91. The number of piperidine rings is 1. The summed E-state index contributed by atoms with van der Waals surface area (Å²) in [5.41, 5.74) is 1.11. The summed E-state index contributed by atoms with van der Waals surface area (Å²) in [7, 11) is 0. The minimum atomic E-state index is -0.854. The highest BCUT2D eigenvalue weighted by Gasteiger charge is 2.48. The van der Waals surface area contributed by atoms with Gasteiger partial charge in [-0.3, -0.25) is 4.90 Å². The molecule has 1 N–H and O–H groups in total. The summed E-state index contributed by atoms with van der Waals surface area (Å²) in [6.45, 7) is 2.98. The third kappa shape index (κ3) is 4.03. The number of aliphatic hydroxyl groups is 1. The second-order valence-electron chi connectivity index (χ2n) is 7.73. The highest BCUT2D eigenvalue weighted by atomic mass is 32.2. The smallest absolute Gasteiger partial charge is 0.187 e. The Morgan fingerprint density at radius 1 is 1.15 bits per heavy atom. The third-order valence-corrected chi connectivity index (χ3v) is 6.86. The Balaban J connectivity index is 1.44. The number of halogens is 1. The van der Waals surface area contributed by atoms with Crippen molar-refractivity contribution in [1.82, 2.24) is 14.9 Å². The molecule has 27 heavy (non-hydrogen) atoms. The van der Waals surface area contributed by atoms with Crippen LogP contribution in [-0.2, 0) is 12.1 Å². The van der Waals surface area contributed by atoms with Crippen molar-refractivity contribution >= 4 is 11.8 Å². The molecule has 2 atom stereocenters. The molecule has 0 amide bonds. The maximum absolute atomic E-state index is 13.2. The molecule has 144 valence electrons. The predicted octanol–water partition coefficient (Wildman–Crippen LogP) is 4.13. The number of fused-ring (bicyclic) bond motifs is 2. The highest BCUT2D eigenvalue weighted by Crippen LogP contribution is 2.46. The van der Waals surface area contributed by atoms with Gasteiger partial charge >= 0.3 is 0 Å². The number of thioether (sulfide) groups is 1. The lowest BCUT2D eigenvalue weighted by atomic mass is 9.80. The van der Waals surface area contributed by atoms with E-state index in [0.29, 0.717) is 24.9 Å². The van der Waals surface area contributed by atoms with Gasteiger partial charge in [0.2, 0.25) is 0 Å². The normalized spacial score (nSPS) is 27.8. The van der Waals surface area contributed by atoms with Crippen molar-refractivity contribution in [2.45, 2.75) is 68.4 Å². The van der Waals surface area contributed by atoms with Gasteiger partial charge in [0.15, 0.2) is 5.16 Å². The van der Waals surface area contributed by atoms with Crippen LogP contribution in [0.25, 0.3) is 0 Å². The van der Waals surface area contributed by atoms with Gasteiger partial charge < -0.3 is 5.11 Å².